The average Bonchev–Trinajstić information content (AvgIpc) is 1.87. The lowest BCUT2D eigenvalue weighted by atomic mass is 10.3. The summed E-state index contributed by atoms with van der Waals surface area (Å²) in [5.41, 5.74) is 0. The molecule has 0 amide bonds. The lowest BCUT2D eigenvalue weighted by molar-refractivity contribution is 0.125. The first kappa shape index (κ1) is 11.1. The SMILES string of the molecule is C[SiH2]CCC(N(C)C)N(C)C. The van der Waals surface area contributed by atoms with E-state index in [-0.39, 0.29) is 9.52 Å². The van der Waals surface area contributed by atoms with Crippen LogP contribution in [0, 0.1) is 0 Å². The van der Waals surface area contributed by atoms with Gasteiger partial charge in [0, 0.05) is 9.52 Å². The molecule has 0 saturated heterocycles. The summed E-state index contributed by atoms with van der Waals surface area (Å²) in [6, 6.07) is 1.46. The molecule has 0 bridgehead atoms. The zero-order valence-corrected chi connectivity index (χ0v) is 10.0. The van der Waals surface area contributed by atoms with Gasteiger partial charge in [-0.3, -0.25) is 9.80 Å². The zero-order valence-electron chi connectivity index (χ0n) is 8.59. The Morgan fingerprint density at radius 1 is 1.09 bits per heavy atom. The second-order valence-electron chi connectivity index (χ2n) is 3.55. The van der Waals surface area contributed by atoms with Gasteiger partial charge in [0.15, 0.2) is 0 Å². The van der Waals surface area contributed by atoms with E-state index in [0.29, 0.717) is 6.17 Å². The van der Waals surface area contributed by atoms with E-state index >= 15 is 0 Å². The van der Waals surface area contributed by atoms with Crippen LogP contribution in [0.25, 0.3) is 0 Å². The summed E-state index contributed by atoms with van der Waals surface area (Å²) in [6.45, 7) is 2.38. The maximum atomic E-state index is 2.38. The van der Waals surface area contributed by atoms with Gasteiger partial charge in [0.1, 0.15) is 0 Å². The maximum Gasteiger partial charge on any atom is 0.0609 e. The van der Waals surface area contributed by atoms with Crippen LogP contribution in [0.1, 0.15) is 6.42 Å². The molecule has 0 aliphatic carbocycles. The van der Waals surface area contributed by atoms with E-state index in [1.165, 1.54) is 12.5 Å². The standard InChI is InChI=1S/C8H22N2Si/c1-9(2)8(10(3)4)6-7-11-5/h8H,6-7,11H2,1-5H3. The highest BCUT2D eigenvalue weighted by molar-refractivity contribution is 6.33. The summed E-state index contributed by atoms with van der Waals surface area (Å²) >= 11 is 0. The fourth-order valence-corrected chi connectivity index (χ4v) is 2.14. The molecular weight excluding hydrogens is 152 g/mol. The molecule has 0 N–H and O–H groups in total. The van der Waals surface area contributed by atoms with Crippen molar-refractivity contribution in [2.75, 3.05) is 28.2 Å². The summed E-state index contributed by atoms with van der Waals surface area (Å²) in [5.74, 6) is 0. The van der Waals surface area contributed by atoms with Crippen LogP contribution >= 0.6 is 0 Å². The largest absolute Gasteiger partial charge is 0.294 e. The van der Waals surface area contributed by atoms with Gasteiger partial charge in [-0.1, -0.05) is 12.6 Å². The van der Waals surface area contributed by atoms with Crippen LogP contribution in [-0.2, 0) is 0 Å². The Kier molecular flexibility index (Phi) is 5.82. The van der Waals surface area contributed by atoms with Gasteiger partial charge in [-0.15, -0.1) is 0 Å². The highest BCUT2D eigenvalue weighted by Crippen LogP contribution is 2.05. The fourth-order valence-electron chi connectivity index (χ4n) is 1.36. The van der Waals surface area contributed by atoms with Crippen molar-refractivity contribution in [3.8, 4) is 0 Å². The fraction of sp³-hybridized carbons (Fsp3) is 1.00. The number of rotatable bonds is 5. The van der Waals surface area contributed by atoms with Gasteiger partial charge >= 0.3 is 0 Å². The van der Waals surface area contributed by atoms with Crippen LogP contribution in [-0.4, -0.2) is 53.7 Å². The van der Waals surface area contributed by atoms with Crippen LogP contribution in [0.4, 0.5) is 0 Å². The van der Waals surface area contributed by atoms with Crippen molar-refractivity contribution >= 4 is 9.52 Å². The van der Waals surface area contributed by atoms with Crippen LogP contribution in [0.3, 0.4) is 0 Å². The minimum atomic E-state index is 0.254. The quantitative estimate of drug-likeness (QED) is 0.441. The molecule has 3 heteroatoms. The third-order valence-corrected chi connectivity index (χ3v) is 3.12. The Labute approximate surface area is 73.4 Å². The molecule has 0 atom stereocenters. The van der Waals surface area contributed by atoms with E-state index in [0.717, 1.165) is 0 Å². The van der Waals surface area contributed by atoms with Gasteiger partial charge in [0.25, 0.3) is 0 Å². The van der Waals surface area contributed by atoms with Crippen LogP contribution < -0.4 is 0 Å². The van der Waals surface area contributed by atoms with Gasteiger partial charge in [0.2, 0.25) is 0 Å². The molecule has 0 radical (unpaired) electrons. The molecule has 68 valence electrons. The lowest BCUT2D eigenvalue weighted by Gasteiger charge is -2.30. The molecule has 0 unspecified atom stereocenters. The van der Waals surface area contributed by atoms with Gasteiger partial charge in [-0.2, -0.15) is 0 Å². The highest BCUT2D eigenvalue weighted by Gasteiger charge is 2.11. The maximum absolute atomic E-state index is 2.38. The van der Waals surface area contributed by atoms with Crippen molar-refractivity contribution in [3.05, 3.63) is 0 Å². The molecule has 0 saturated carbocycles. The van der Waals surface area contributed by atoms with E-state index in [2.05, 4.69) is 44.5 Å². The van der Waals surface area contributed by atoms with Gasteiger partial charge in [0.05, 0.1) is 6.17 Å². The minimum Gasteiger partial charge on any atom is -0.294 e. The Morgan fingerprint density at radius 2 is 1.55 bits per heavy atom. The Balaban J connectivity index is 3.70. The van der Waals surface area contributed by atoms with Crippen molar-refractivity contribution in [2.45, 2.75) is 25.2 Å². The van der Waals surface area contributed by atoms with E-state index < -0.39 is 0 Å². The van der Waals surface area contributed by atoms with Gasteiger partial charge < -0.3 is 0 Å². The van der Waals surface area contributed by atoms with Gasteiger partial charge in [-0.05, 0) is 34.6 Å². The van der Waals surface area contributed by atoms with E-state index in [4.69, 9.17) is 0 Å². The first-order valence-electron chi connectivity index (χ1n) is 4.42. The van der Waals surface area contributed by atoms with Crippen molar-refractivity contribution in [1.29, 1.82) is 0 Å². The zero-order chi connectivity index (χ0) is 8.85. The van der Waals surface area contributed by atoms with E-state index in [9.17, 15) is 0 Å². The monoisotopic (exact) mass is 174 g/mol. The Hall–Kier alpha value is 0.137. The molecular formula is C8H22N2Si. The molecule has 0 rings (SSSR count). The molecule has 0 aromatic rings. The van der Waals surface area contributed by atoms with E-state index in [1.807, 2.05) is 0 Å². The molecule has 0 aliphatic rings. The normalized spacial score (nSPS) is 13.1. The van der Waals surface area contributed by atoms with Crippen molar-refractivity contribution in [2.24, 2.45) is 0 Å². The van der Waals surface area contributed by atoms with Crippen molar-refractivity contribution < 1.29 is 0 Å². The minimum absolute atomic E-state index is 0.254. The number of hydrogen-bond acceptors (Lipinski definition) is 2. The summed E-state index contributed by atoms with van der Waals surface area (Å²) in [6.07, 6.45) is 1.98. The van der Waals surface area contributed by atoms with Crippen LogP contribution in [0.5, 0.6) is 0 Å². The Morgan fingerprint density at radius 3 is 1.82 bits per heavy atom. The second kappa shape index (κ2) is 5.74. The van der Waals surface area contributed by atoms with Gasteiger partial charge in [-0.25, -0.2) is 0 Å². The first-order chi connectivity index (χ1) is 5.09. The molecule has 0 heterocycles. The summed E-state index contributed by atoms with van der Waals surface area (Å²) < 4.78 is 0. The Bertz CT molecular complexity index is 86.1. The molecule has 0 fully saturated rings. The second-order valence-corrected chi connectivity index (χ2v) is 5.26. The number of nitrogens with zero attached hydrogens (tertiary/aromatic N) is 2. The summed E-state index contributed by atoms with van der Waals surface area (Å²) in [5, 5.41) is 0. The van der Waals surface area contributed by atoms with E-state index in [1.54, 1.807) is 0 Å². The smallest absolute Gasteiger partial charge is 0.0609 e. The predicted molar refractivity (Wildman–Crippen MR) is 55.0 cm³/mol. The van der Waals surface area contributed by atoms with Crippen LogP contribution in [0.2, 0.25) is 12.6 Å². The molecule has 0 aromatic carbocycles. The lowest BCUT2D eigenvalue weighted by Crippen LogP contribution is -2.40. The average molecular weight is 174 g/mol. The molecule has 0 spiro atoms. The number of hydrogen-bond donors (Lipinski definition) is 0. The molecule has 11 heavy (non-hydrogen) atoms. The summed E-state index contributed by atoms with van der Waals surface area (Å²) in [4.78, 5) is 4.59. The predicted octanol–water partition coefficient (Wildman–Crippen LogP) is 0.461. The molecule has 0 aliphatic heterocycles. The summed E-state index contributed by atoms with van der Waals surface area (Å²) in [7, 11) is 8.87. The third-order valence-electron chi connectivity index (χ3n) is 2.01. The topological polar surface area (TPSA) is 6.48 Å². The third kappa shape index (κ3) is 4.56. The molecule has 2 nitrogen and oxygen atoms in total. The van der Waals surface area contributed by atoms with Crippen molar-refractivity contribution in [1.82, 2.24) is 9.80 Å². The van der Waals surface area contributed by atoms with Crippen LogP contribution in [0.15, 0.2) is 0 Å². The molecule has 0 aromatic heterocycles. The highest BCUT2D eigenvalue weighted by atomic mass is 28.2. The first-order valence-corrected chi connectivity index (χ1v) is 6.83. The van der Waals surface area contributed by atoms with Crippen molar-refractivity contribution in [3.63, 3.8) is 0 Å².